The van der Waals surface area contributed by atoms with Crippen LogP contribution in [0.25, 0.3) is 0 Å². The SMILES string of the molecule is COCCOCCF.O=C(OCF)ON1C(=O)CCC1=O. The van der Waals surface area contributed by atoms with Crippen LogP contribution in [0.3, 0.4) is 0 Å². The van der Waals surface area contributed by atoms with Gasteiger partial charge >= 0.3 is 6.16 Å². The van der Waals surface area contributed by atoms with Crippen LogP contribution in [-0.4, -0.2) is 63.5 Å². The molecular formula is C11H17F2NO7. The summed E-state index contributed by atoms with van der Waals surface area (Å²) in [7, 11) is 1.58. The average Bonchev–Trinajstić information content (AvgIpc) is 2.77. The fraction of sp³-hybridized carbons (Fsp3) is 0.727. The summed E-state index contributed by atoms with van der Waals surface area (Å²) in [6.45, 7) is -0.567. The second-order valence-corrected chi connectivity index (χ2v) is 3.47. The van der Waals surface area contributed by atoms with Gasteiger partial charge in [-0.05, 0) is 0 Å². The van der Waals surface area contributed by atoms with Crippen LogP contribution in [0.1, 0.15) is 12.8 Å². The number of methoxy groups -OCH3 is 1. The van der Waals surface area contributed by atoms with Gasteiger partial charge in [0.05, 0.1) is 19.8 Å². The summed E-state index contributed by atoms with van der Waals surface area (Å²) < 4.78 is 35.7. The van der Waals surface area contributed by atoms with E-state index in [1.807, 2.05) is 0 Å². The molecule has 8 nitrogen and oxygen atoms in total. The van der Waals surface area contributed by atoms with Crippen molar-refractivity contribution in [3.05, 3.63) is 0 Å². The number of ether oxygens (including phenoxy) is 3. The van der Waals surface area contributed by atoms with Crippen LogP contribution in [0.4, 0.5) is 13.6 Å². The molecular weight excluding hydrogens is 296 g/mol. The number of carbonyl (C=O) groups is 3. The Morgan fingerprint density at radius 3 is 2.24 bits per heavy atom. The molecule has 21 heavy (non-hydrogen) atoms. The standard InChI is InChI=1S/C6H6FNO5.C5H11FO2/c7-3-12-6(11)13-8-4(9)1-2-5(8)10;1-7-4-5-8-3-2-6/h1-3H2;2-5H2,1H3. The summed E-state index contributed by atoms with van der Waals surface area (Å²) in [5.74, 6) is -1.28. The van der Waals surface area contributed by atoms with Gasteiger partial charge < -0.3 is 14.2 Å². The molecule has 0 aromatic heterocycles. The maximum absolute atomic E-state index is 11.4. The van der Waals surface area contributed by atoms with Crippen molar-refractivity contribution in [3.63, 3.8) is 0 Å². The quantitative estimate of drug-likeness (QED) is 0.389. The van der Waals surface area contributed by atoms with Crippen LogP contribution < -0.4 is 0 Å². The minimum absolute atomic E-state index is 0.0122. The highest BCUT2D eigenvalue weighted by Gasteiger charge is 2.33. The summed E-state index contributed by atoms with van der Waals surface area (Å²) in [6, 6.07) is 0. The molecule has 0 radical (unpaired) electrons. The highest BCUT2D eigenvalue weighted by molar-refractivity contribution is 6.01. The number of alkyl halides is 2. The Hall–Kier alpha value is -1.81. The van der Waals surface area contributed by atoms with E-state index >= 15 is 0 Å². The lowest BCUT2D eigenvalue weighted by molar-refractivity contribution is -0.178. The molecule has 0 aliphatic carbocycles. The van der Waals surface area contributed by atoms with E-state index in [1.54, 1.807) is 7.11 Å². The fourth-order valence-electron chi connectivity index (χ4n) is 1.10. The molecule has 0 saturated carbocycles. The van der Waals surface area contributed by atoms with E-state index in [0.717, 1.165) is 0 Å². The largest absolute Gasteiger partial charge is 0.536 e. The summed E-state index contributed by atoms with van der Waals surface area (Å²) in [5, 5.41) is 0.276. The van der Waals surface area contributed by atoms with E-state index in [0.29, 0.717) is 13.2 Å². The van der Waals surface area contributed by atoms with Crippen molar-refractivity contribution in [1.82, 2.24) is 5.06 Å². The lowest BCUT2D eigenvalue weighted by Gasteiger charge is -2.10. The number of amides is 2. The van der Waals surface area contributed by atoms with Crippen molar-refractivity contribution in [1.29, 1.82) is 0 Å². The van der Waals surface area contributed by atoms with Gasteiger partial charge in [-0.2, -0.15) is 0 Å². The molecule has 2 amide bonds. The molecule has 0 N–H and O–H groups in total. The van der Waals surface area contributed by atoms with Gasteiger partial charge in [-0.25, -0.2) is 13.6 Å². The van der Waals surface area contributed by atoms with Gasteiger partial charge in [-0.3, -0.25) is 14.4 Å². The van der Waals surface area contributed by atoms with Gasteiger partial charge in [-0.15, -0.1) is 0 Å². The van der Waals surface area contributed by atoms with Crippen LogP contribution in [0, 0.1) is 0 Å². The summed E-state index contributed by atoms with van der Waals surface area (Å²) in [6.07, 6.45) is -1.44. The van der Waals surface area contributed by atoms with Crippen molar-refractivity contribution in [3.8, 4) is 0 Å². The minimum atomic E-state index is -1.41. The molecule has 1 heterocycles. The van der Waals surface area contributed by atoms with Gasteiger partial charge in [0.15, 0.2) is 0 Å². The van der Waals surface area contributed by atoms with Crippen LogP contribution >= 0.6 is 0 Å². The molecule has 1 aliphatic heterocycles. The Balaban J connectivity index is 0.000000433. The molecule has 0 aromatic carbocycles. The first kappa shape index (κ1) is 19.2. The Morgan fingerprint density at radius 1 is 1.14 bits per heavy atom. The van der Waals surface area contributed by atoms with Gasteiger partial charge in [0.2, 0.25) is 6.86 Å². The monoisotopic (exact) mass is 313 g/mol. The molecule has 1 aliphatic rings. The molecule has 0 unspecified atom stereocenters. The van der Waals surface area contributed by atoms with Crippen molar-refractivity contribution in [2.45, 2.75) is 12.8 Å². The number of nitrogens with zero attached hydrogens (tertiary/aromatic N) is 1. The Morgan fingerprint density at radius 2 is 1.76 bits per heavy atom. The molecule has 1 fully saturated rings. The van der Waals surface area contributed by atoms with Crippen molar-refractivity contribution in [2.24, 2.45) is 0 Å². The van der Waals surface area contributed by atoms with Crippen LogP contribution in [0.15, 0.2) is 0 Å². The van der Waals surface area contributed by atoms with E-state index in [1.165, 1.54) is 0 Å². The zero-order valence-electron chi connectivity index (χ0n) is 11.5. The van der Waals surface area contributed by atoms with Crippen LogP contribution in [0.2, 0.25) is 0 Å². The first-order valence-corrected chi connectivity index (χ1v) is 5.95. The van der Waals surface area contributed by atoms with Crippen molar-refractivity contribution >= 4 is 18.0 Å². The molecule has 0 atom stereocenters. The summed E-state index contributed by atoms with van der Waals surface area (Å²) in [5.41, 5.74) is 0. The van der Waals surface area contributed by atoms with E-state index in [4.69, 9.17) is 4.74 Å². The second-order valence-electron chi connectivity index (χ2n) is 3.47. The Kier molecular flexibility index (Phi) is 10.9. The summed E-state index contributed by atoms with van der Waals surface area (Å²) >= 11 is 0. The number of imide groups is 1. The summed E-state index contributed by atoms with van der Waals surface area (Å²) in [4.78, 5) is 36.2. The van der Waals surface area contributed by atoms with Crippen molar-refractivity contribution < 1.29 is 42.2 Å². The Bertz CT molecular complexity index is 319. The Labute approximate surface area is 119 Å². The maximum Gasteiger partial charge on any atom is 0.536 e. The smallest absolute Gasteiger partial charge is 0.401 e. The van der Waals surface area contributed by atoms with Crippen LogP contribution in [-0.2, 0) is 28.6 Å². The number of hydrogen-bond acceptors (Lipinski definition) is 7. The van der Waals surface area contributed by atoms with E-state index in [-0.39, 0.29) is 24.5 Å². The van der Waals surface area contributed by atoms with E-state index in [9.17, 15) is 23.2 Å². The highest BCUT2D eigenvalue weighted by atomic mass is 19.1. The second kappa shape index (κ2) is 12.0. The third-order valence-electron chi connectivity index (χ3n) is 2.00. The number of hydroxylamine groups is 2. The van der Waals surface area contributed by atoms with E-state index in [2.05, 4.69) is 14.3 Å². The molecule has 10 heteroatoms. The zero-order chi connectivity index (χ0) is 16.1. The highest BCUT2D eigenvalue weighted by Crippen LogP contribution is 2.12. The maximum atomic E-state index is 11.4. The van der Waals surface area contributed by atoms with Crippen LogP contribution in [0.5, 0.6) is 0 Å². The first-order valence-electron chi connectivity index (χ1n) is 5.95. The van der Waals surface area contributed by atoms with Gasteiger partial charge in [0, 0.05) is 20.0 Å². The molecule has 1 rings (SSSR count). The topological polar surface area (TPSA) is 91.4 Å². The predicted molar refractivity (Wildman–Crippen MR) is 63.3 cm³/mol. The number of carbonyl (C=O) groups excluding carboxylic acids is 3. The average molecular weight is 313 g/mol. The third kappa shape index (κ3) is 8.87. The molecule has 0 bridgehead atoms. The normalized spacial score (nSPS) is 13.8. The lowest BCUT2D eigenvalue weighted by atomic mass is 10.4. The van der Waals surface area contributed by atoms with Gasteiger partial charge in [-0.1, -0.05) is 5.06 Å². The number of halogens is 2. The van der Waals surface area contributed by atoms with Gasteiger partial charge in [0.1, 0.15) is 6.67 Å². The van der Waals surface area contributed by atoms with E-state index < -0.39 is 31.5 Å². The molecule has 122 valence electrons. The molecule has 0 spiro atoms. The minimum Gasteiger partial charge on any atom is -0.401 e. The molecule has 0 aromatic rings. The van der Waals surface area contributed by atoms with Gasteiger partial charge in [0.25, 0.3) is 11.8 Å². The zero-order valence-corrected chi connectivity index (χ0v) is 11.5. The fourth-order valence-corrected chi connectivity index (χ4v) is 1.10. The predicted octanol–water partition coefficient (Wildman–Crippen LogP) is 0.750. The number of hydrogen-bond donors (Lipinski definition) is 0. The van der Waals surface area contributed by atoms with Crippen molar-refractivity contribution in [2.75, 3.05) is 40.5 Å². The number of rotatable bonds is 7. The third-order valence-corrected chi connectivity index (χ3v) is 2.00. The lowest BCUT2D eigenvalue weighted by Crippen LogP contribution is -2.32. The molecule has 1 saturated heterocycles. The first-order chi connectivity index (χ1) is 10.1.